The first-order valence-electron chi connectivity index (χ1n) is 9.94. The summed E-state index contributed by atoms with van der Waals surface area (Å²) in [5.41, 5.74) is 9.52. The average Bonchev–Trinajstić information content (AvgIpc) is 2.75. The predicted molar refractivity (Wildman–Crippen MR) is 126 cm³/mol. The van der Waals surface area contributed by atoms with Crippen LogP contribution in [0.3, 0.4) is 0 Å². The maximum Gasteiger partial charge on any atom is 0.411 e. The minimum absolute atomic E-state index is 0.0666. The van der Waals surface area contributed by atoms with Crippen LogP contribution in [0.5, 0.6) is 0 Å². The third-order valence-electron chi connectivity index (χ3n) is 4.29. The highest BCUT2D eigenvalue weighted by molar-refractivity contribution is 7.85. The van der Waals surface area contributed by atoms with Crippen LogP contribution >= 0.6 is 0 Å². The summed E-state index contributed by atoms with van der Waals surface area (Å²) in [6.07, 6.45) is -0.541. The highest BCUT2D eigenvalue weighted by atomic mass is 32.2. The molecule has 0 unspecified atom stereocenters. The summed E-state index contributed by atoms with van der Waals surface area (Å²) in [6.45, 7) is 4.41. The summed E-state index contributed by atoms with van der Waals surface area (Å²) in [5, 5.41) is 5.74. The molecule has 3 aromatic rings. The van der Waals surface area contributed by atoms with Crippen LogP contribution in [0.25, 0.3) is 0 Å². The van der Waals surface area contributed by atoms with Crippen molar-refractivity contribution in [3.8, 4) is 0 Å². The number of carbonyl (C=O) groups is 1. The number of nitrogens with two attached hydrogens (primary N) is 1. The molecular weight excluding hydrogens is 449 g/mol. The number of halogens is 1. The lowest BCUT2D eigenvalue weighted by Gasteiger charge is -2.11. The van der Waals surface area contributed by atoms with Gasteiger partial charge in [0.15, 0.2) is 0 Å². The molecule has 0 fully saturated rings. The summed E-state index contributed by atoms with van der Waals surface area (Å²) in [6, 6.07) is 17.4. The number of carbonyl (C=O) groups excluding carboxylic acids is 1. The molecule has 1 amide bonds. The standard InChI is InChI=1S/C16H18FN3O2.C7H8O3S/c1-2-22-16(21)20-15-8-7-13(9-14(15)18)19-10-11-3-5-12(17)6-4-11;1-6-2-4-7(5-3-6)11(8,9)10/h3-9,19H,2,10,18H2,1H3,(H,20,21);2-5H,1H3,(H,8,9,10). The second kappa shape index (κ2) is 11.8. The molecule has 0 aliphatic rings. The van der Waals surface area contributed by atoms with E-state index in [0.29, 0.717) is 24.5 Å². The van der Waals surface area contributed by atoms with Gasteiger partial charge in [0.25, 0.3) is 10.1 Å². The van der Waals surface area contributed by atoms with Crippen molar-refractivity contribution < 1.29 is 26.9 Å². The van der Waals surface area contributed by atoms with Crippen LogP contribution in [-0.2, 0) is 21.4 Å². The van der Waals surface area contributed by atoms with Gasteiger partial charge >= 0.3 is 6.09 Å². The summed E-state index contributed by atoms with van der Waals surface area (Å²) < 4.78 is 47.2. The monoisotopic (exact) mass is 475 g/mol. The molecule has 0 saturated carbocycles. The number of hydrogen-bond donors (Lipinski definition) is 4. The van der Waals surface area contributed by atoms with Crippen LogP contribution in [0.2, 0.25) is 0 Å². The highest BCUT2D eigenvalue weighted by Gasteiger charge is 2.07. The second-order valence-electron chi connectivity index (χ2n) is 6.92. The predicted octanol–water partition coefficient (Wildman–Crippen LogP) is 4.83. The van der Waals surface area contributed by atoms with Crippen molar-refractivity contribution in [2.75, 3.05) is 23.0 Å². The van der Waals surface area contributed by atoms with Gasteiger partial charge in [-0.05, 0) is 61.9 Å². The highest BCUT2D eigenvalue weighted by Crippen LogP contribution is 2.23. The minimum Gasteiger partial charge on any atom is -0.450 e. The number of rotatable bonds is 6. The van der Waals surface area contributed by atoms with Crippen molar-refractivity contribution in [2.45, 2.75) is 25.3 Å². The molecule has 8 nitrogen and oxygen atoms in total. The van der Waals surface area contributed by atoms with E-state index in [1.807, 2.05) is 6.92 Å². The Hall–Kier alpha value is -3.63. The smallest absolute Gasteiger partial charge is 0.411 e. The van der Waals surface area contributed by atoms with E-state index in [2.05, 4.69) is 10.6 Å². The number of benzene rings is 3. The van der Waals surface area contributed by atoms with Gasteiger partial charge in [-0.1, -0.05) is 29.8 Å². The molecule has 0 saturated heterocycles. The first-order chi connectivity index (χ1) is 15.6. The normalized spacial score (nSPS) is 10.5. The van der Waals surface area contributed by atoms with E-state index in [1.165, 1.54) is 24.3 Å². The maximum atomic E-state index is 12.8. The Balaban J connectivity index is 0.000000294. The van der Waals surface area contributed by atoms with Crippen LogP contribution in [0.4, 0.5) is 26.2 Å². The summed E-state index contributed by atoms with van der Waals surface area (Å²) >= 11 is 0. The van der Waals surface area contributed by atoms with Gasteiger partial charge in [-0.3, -0.25) is 9.87 Å². The molecule has 0 bridgehead atoms. The Morgan fingerprint density at radius 2 is 1.70 bits per heavy atom. The lowest BCUT2D eigenvalue weighted by atomic mass is 10.2. The molecule has 176 valence electrons. The topological polar surface area (TPSA) is 131 Å². The van der Waals surface area contributed by atoms with Crippen LogP contribution in [0.1, 0.15) is 18.1 Å². The molecule has 5 N–H and O–H groups in total. The molecule has 0 spiro atoms. The van der Waals surface area contributed by atoms with Gasteiger partial charge in [0, 0.05) is 12.2 Å². The first kappa shape index (κ1) is 25.6. The fourth-order valence-corrected chi connectivity index (χ4v) is 3.06. The lowest BCUT2D eigenvalue weighted by molar-refractivity contribution is 0.168. The Morgan fingerprint density at radius 1 is 1.06 bits per heavy atom. The van der Waals surface area contributed by atoms with Crippen molar-refractivity contribution in [3.63, 3.8) is 0 Å². The van der Waals surface area contributed by atoms with Gasteiger partial charge in [0.05, 0.1) is 22.9 Å². The fourth-order valence-electron chi connectivity index (χ4n) is 2.58. The number of ether oxygens (including phenoxy) is 1. The summed E-state index contributed by atoms with van der Waals surface area (Å²) in [7, 11) is -4.02. The second-order valence-corrected chi connectivity index (χ2v) is 8.34. The Labute approximate surface area is 192 Å². The van der Waals surface area contributed by atoms with Crippen molar-refractivity contribution in [1.82, 2.24) is 0 Å². The fraction of sp³-hybridized carbons (Fsp3) is 0.174. The molecule has 0 aliphatic heterocycles. The van der Waals surface area contributed by atoms with Gasteiger partial charge < -0.3 is 15.8 Å². The van der Waals surface area contributed by atoms with E-state index in [-0.39, 0.29) is 10.7 Å². The van der Waals surface area contributed by atoms with E-state index in [1.54, 1.807) is 49.4 Å². The molecule has 0 heterocycles. The Morgan fingerprint density at radius 3 is 2.24 bits per heavy atom. The van der Waals surface area contributed by atoms with Gasteiger partial charge in [-0.25, -0.2) is 9.18 Å². The van der Waals surface area contributed by atoms with Crippen molar-refractivity contribution in [2.24, 2.45) is 0 Å². The summed E-state index contributed by atoms with van der Waals surface area (Å²) in [5.74, 6) is -0.262. The molecule has 0 radical (unpaired) electrons. The zero-order valence-corrected chi connectivity index (χ0v) is 19.0. The first-order valence-corrected chi connectivity index (χ1v) is 11.4. The van der Waals surface area contributed by atoms with Crippen LogP contribution in [0, 0.1) is 12.7 Å². The van der Waals surface area contributed by atoms with Crippen LogP contribution in [0.15, 0.2) is 71.6 Å². The number of anilines is 3. The van der Waals surface area contributed by atoms with E-state index < -0.39 is 16.2 Å². The summed E-state index contributed by atoms with van der Waals surface area (Å²) in [4.78, 5) is 11.3. The number of aryl methyl sites for hydroxylation is 1. The maximum absolute atomic E-state index is 12.8. The van der Waals surface area contributed by atoms with Gasteiger partial charge in [-0.15, -0.1) is 0 Å². The molecule has 33 heavy (non-hydrogen) atoms. The SMILES string of the molecule is CCOC(=O)Nc1ccc(NCc2ccc(F)cc2)cc1N.Cc1ccc(S(=O)(=O)O)cc1. The van der Waals surface area contributed by atoms with E-state index in [0.717, 1.165) is 16.8 Å². The van der Waals surface area contributed by atoms with Crippen molar-refractivity contribution in [1.29, 1.82) is 0 Å². The third-order valence-corrected chi connectivity index (χ3v) is 5.16. The van der Waals surface area contributed by atoms with Crippen molar-refractivity contribution in [3.05, 3.63) is 83.7 Å². The molecule has 3 rings (SSSR count). The van der Waals surface area contributed by atoms with E-state index in [4.69, 9.17) is 15.0 Å². The number of amides is 1. The minimum atomic E-state index is -4.02. The van der Waals surface area contributed by atoms with E-state index in [9.17, 15) is 17.6 Å². The molecule has 3 aromatic carbocycles. The van der Waals surface area contributed by atoms with Crippen molar-refractivity contribution >= 4 is 33.3 Å². The Bertz CT molecular complexity index is 1170. The zero-order valence-electron chi connectivity index (χ0n) is 18.2. The molecule has 0 atom stereocenters. The number of hydrogen-bond acceptors (Lipinski definition) is 6. The van der Waals surface area contributed by atoms with E-state index >= 15 is 0 Å². The van der Waals surface area contributed by atoms with Crippen LogP contribution in [-0.4, -0.2) is 25.7 Å². The lowest BCUT2D eigenvalue weighted by Crippen LogP contribution is -2.14. The molecular formula is C23H26FN3O5S. The number of nitrogens with one attached hydrogen (secondary N) is 2. The zero-order chi connectivity index (χ0) is 24.4. The number of nitrogen functional groups attached to an aromatic ring is 1. The molecule has 10 heteroatoms. The molecule has 0 aromatic heterocycles. The third kappa shape index (κ3) is 8.79. The quantitative estimate of drug-likeness (QED) is 0.297. The van der Waals surface area contributed by atoms with Gasteiger partial charge in [0.1, 0.15) is 5.82 Å². The Kier molecular flexibility index (Phi) is 9.19. The van der Waals surface area contributed by atoms with Gasteiger partial charge in [0.2, 0.25) is 0 Å². The molecule has 0 aliphatic carbocycles. The van der Waals surface area contributed by atoms with Crippen LogP contribution < -0.4 is 16.4 Å². The van der Waals surface area contributed by atoms with Gasteiger partial charge in [-0.2, -0.15) is 8.42 Å². The average molecular weight is 476 g/mol. The largest absolute Gasteiger partial charge is 0.450 e.